The van der Waals surface area contributed by atoms with Crippen molar-refractivity contribution in [2.75, 3.05) is 9.80 Å². The third-order valence-corrected chi connectivity index (χ3v) is 5.96. The van der Waals surface area contributed by atoms with E-state index in [4.69, 9.17) is 0 Å². The number of hydrogen-bond donors (Lipinski definition) is 0. The maximum atomic E-state index is 13.5. The summed E-state index contributed by atoms with van der Waals surface area (Å²) in [7, 11) is 0. The van der Waals surface area contributed by atoms with Crippen LogP contribution in [0.2, 0.25) is 0 Å². The van der Waals surface area contributed by atoms with Crippen LogP contribution in [0.3, 0.4) is 0 Å². The van der Waals surface area contributed by atoms with E-state index in [0.29, 0.717) is 0 Å². The first kappa shape index (κ1) is 18.3. The van der Waals surface area contributed by atoms with Crippen molar-refractivity contribution in [1.82, 2.24) is 0 Å². The maximum Gasteiger partial charge on any atom is 0.329 e. The van der Waals surface area contributed by atoms with Crippen molar-refractivity contribution < 1.29 is 4.79 Å². The smallest absolute Gasteiger partial charge is 0.289 e. The second-order valence-corrected chi connectivity index (χ2v) is 8.40. The molecule has 0 aromatic heterocycles. The van der Waals surface area contributed by atoms with E-state index in [-0.39, 0.29) is 18.1 Å². The minimum absolute atomic E-state index is 0.00952. The van der Waals surface area contributed by atoms with E-state index in [0.717, 1.165) is 25.9 Å². The molecule has 0 radical (unpaired) electrons. The topological polar surface area (TPSA) is 23.6 Å². The minimum Gasteiger partial charge on any atom is -0.289 e. The van der Waals surface area contributed by atoms with Crippen LogP contribution >= 0.6 is 31.9 Å². The number of benzene rings is 3. The second kappa shape index (κ2) is 7.49. The van der Waals surface area contributed by atoms with Gasteiger partial charge in [-0.3, -0.25) is 9.80 Å². The molecular weight excluding hydrogens is 468 g/mol. The van der Waals surface area contributed by atoms with Gasteiger partial charge in [0.05, 0.1) is 12.1 Å². The van der Waals surface area contributed by atoms with Gasteiger partial charge in [-0.2, -0.15) is 0 Å². The first-order valence-electron chi connectivity index (χ1n) is 8.75. The molecule has 3 aromatic carbocycles. The van der Waals surface area contributed by atoms with E-state index in [1.807, 2.05) is 76.5 Å². The van der Waals surface area contributed by atoms with Crippen molar-refractivity contribution in [3.8, 4) is 0 Å². The number of amides is 2. The highest BCUT2D eigenvalue weighted by Gasteiger charge is 2.45. The second-order valence-electron chi connectivity index (χ2n) is 6.57. The highest BCUT2D eigenvalue weighted by Crippen LogP contribution is 2.41. The van der Waals surface area contributed by atoms with Crippen LogP contribution in [0.15, 0.2) is 87.8 Å². The molecule has 1 fully saturated rings. The predicted molar refractivity (Wildman–Crippen MR) is 117 cm³/mol. The molecule has 27 heavy (non-hydrogen) atoms. The summed E-state index contributed by atoms with van der Waals surface area (Å²) in [4.78, 5) is 17.3. The summed E-state index contributed by atoms with van der Waals surface area (Å²) in [5.74, 6) is 0. The minimum atomic E-state index is -0.0662. The SMILES string of the molecule is CC1C(c2ccccc2)N(c2ccc(Br)cc2)C(=O)N1c1ccc(Br)cc1. The van der Waals surface area contributed by atoms with Gasteiger partial charge in [0.15, 0.2) is 0 Å². The Hall–Kier alpha value is -2.11. The zero-order valence-corrected chi connectivity index (χ0v) is 17.9. The summed E-state index contributed by atoms with van der Waals surface area (Å²) in [6, 6.07) is 25.9. The van der Waals surface area contributed by atoms with Gasteiger partial charge in [-0.25, -0.2) is 4.79 Å². The monoisotopic (exact) mass is 484 g/mol. The van der Waals surface area contributed by atoms with E-state index >= 15 is 0 Å². The number of carbonyl (C=O) groups excluding carboxylic acids is 1. The number of anilines is 2. The average Bonchev–Trinajstić information content (AvgIpc) is 2.94. The zero-order chi connectivity index (χ0) is 19.0. The average molecular weight is 486 g/mol. The summed E-state index contributed by atoms with van der Waals surface area (Å²) in [6.45, 7) is 2.11. The number of hydrogen-bond acceptors (Lipinski definition) is 1. The third-order valence-electron chi connectivity index (χ3n) is 4.91. The molecule has 0 aliphatic carbocycles. The molecule has 0 bridgehead atoms. The van der Waals surface area contributed by atoms with Crippen LogP contribution in [-0.4, -0.2) is 12.1 Å². The van der Waals surface area contributed by atoms with Crippen LogP contribution in [0.25, 0.3) is 0 Å². The molecule has 136 valence electrons. The lowest BCUT2D eigenvalue weighted by atomic mass is 9.99. The van der Waals surface area contributed by atoms with Gasteiger partial charge < -0.3 is 0 Å². The summed E-state index contributed by atoms with van der Waals surface area (Å²) < 4.78 is 1.99. The van der Waals surface area contributed by atoms with Crippen molar-refractivity contribution in [2.45, 2.75) is 19.0 Å². The Kier molecular flexibility index (Phi) is 5.06. The summed E-state index contributed by atoms with van der Waals surface area (Å²) in [5, 5.41) is 0. The summed E-state index contributed by atoms with van der Waals surface area (Å²) >= 11 is 6.95. The molecule has 2 amide bonds. The Balaban J connectivity index is 1.82. The molecule has 3 aromatic rings. The summed E-state index contributed by atoms with van der Waals surface area (Å²) in [5.41, 5.74) is 2.92. The molecule has 0 spiro atoms. The van der Waals surface area contributed by atoms with Gasteiger partial charge in [-0.05, 0) is 61.0 Å². The molecular formula is C22H18Br2N2O. The van der Waals surface area contributed by atoms with E-state index < -0.39 is 0 Å². The van der Waals surface area contributed by atoms with Gasteiger partial charge in [0.1, 0.15) is 0 Å². The van der Waals surface area contributed by atoms with Crippen molar-refractivity contribution in [2.24, 2.45) is 0 Å². The van der Waals surface area contributed by atoms with Gasteiger partial charge in [0.25, 0.3) is 0 Å². The molecule has 2 atom stereocenters. The Morgan fingerprint density at radius 1 is 0.704 bits per heavy atom. The largest absolute Gasteiger partial charge is 0.329 e. The molecule has 1 heterocycles. The number of halogens is 2. The van der Waals surface area contributed by atoms with E-state index in [1.54, 1.807) is 0 Å². The Bertz CT molecular complexity index is 942. The van der Waals surface area contributed by atoms with Gasteiger partial charge >= 0.3 is 6.03 Å². The Morgan fingerprint density at radius 2 is 1.19 bits per heavy atom. The van der Waals surface area contributed by atoms with Gasteiger partial charge in [-0.15, -0.1) is 0 Å². The fourth-order valence-electron chi connectivity index (χ4n) is 3.66. The number of nitrogens with zero attached hydrogens (tertiary/aromatic N) is 2. The van der Waals surface area contributed by atoms with Crippen LogP contribution in [0, 0.1) is 0 Å². The van der Waals surface area contributed by atoms with Crippen LogP contribution < -0.4 is 9.80 Å². The predicted octanol–water partition coefficient (Wildman–Crippen LogP) is 6.79. The van der Waals surface area contributed by atoms with Crippen LogP contribution in [-0.2, 0) is 0 Å². The fourth-order valence-corrected chi connectivity index (χ4v) is 4.19. The zero-order valence-electron chi connectivity index (χ0n) is 14.7. The van der Waals surface area contributed by atoms with Crippen LogP contribution in [0.4, 0.5) is 16.2 Å². The highest BCUT2D eigenvalue weighted by atomic mass is 79.9. The summed E-state index contributed by atoms with van der Waals surface area (Å²) in [6.07, 6.45) is 0. The Labute approximate surface area is 175 Å². The standard InChI is InChI=1S/C22H18Br2N2O/c1-15-21(16-5-3-2-4-6-16)26(20-13-9-18(24)10-14-20)22(27)25(15)19-11-7-17(23)8-12-19/h2-15,21H,1H3. The molecule has 5 heteroatoms. The molecule has 4 rings (SSSR count). The van der Waals surface area contributed by atoms with Crippen molar-refractivity contribution >= 4 is 49.3 Å². The van der Waals surface area contributed by atoms with Crippen molar-refractivity contribution in [3.63, 3.8) is 0 Å². The van der Waals surface area contributed by atoms with Crippen LogP contribution in [0.5, 0.6) is 0 Å². The van der Waals surface area contributed by atoms with Crippen LogP contribution in [0.1, 0.15) is 18.5 Å². The van der Waals surface area contributed by atoms with E-state index in [1.165, 1.54) is 0 Å². The molecule has 0 saturated carbocycles. The lowest BCUT2D eigenvalue weighted by molar-refractivity contribution is 0.255. The van der Waals surface area contributed by atoms with Gasteiger partial charge in [0.2, 0.25) is 0 Å². The fraction of sp³-hybridized carbons (Fsp3) is 0.136. The molecule has 3 nitrogen and oxygen atoms in total. The van der Waals surface area contributed by atoms with Crippen molar-refractivity contribution in [3.05, 3.63) is 93.4 Å². The lowest BCUT2D eigenvalue weighted by Gasteiger charge is -2.26. The normalized spacial score (nSPS) is 19.6. The maximum absolute atomic E-state index is 13.5. The van der Waals surface area contributed by atoms with Crippen molar-refractivity contribution in [1.29, 1.82) is 0 Å². The van der Waals surface area contributed by atoms with Gasteiger partial charge in [-0.1, -0.05) is 62.2 Å². The Morgan fingerprint density at radius 3 is 1.70 bits per heavy atom. The third kappa shape index (κ3) is 3.42. The molecule has 1 aliphatic rings. The van der Waals surface area contributed by atoms with E-state index in [9.17, 15) is 4.79 Å². The molecule has 2 unspecified atom stereocenters. The number of carbonyl (C=O) groups is 1. The van der Waals surface area contributed by atoms with Gasteiger partial charge in [0, 0.05) is 20.3 Å². The van der Waals surface area contributed by atoms with E-state index in [2.05, 4.69) is 50.9 Å². The molecule has 0 N–H and O–H groups in total. The molecule has 1 aliphatic heterocycles. The number of rotatable bonds is 3. The molecule has 1 saturated heterocycles. The lowest BCUT2D eigenvalue weighted by Crippen LogP contribution is -2.33. The number of urea groups is 1. The first-order valence-corrected chi connectivity index (χ1v) is 10.3. The first-order chi connectivity index (χ1) is 13.1. The highest BCUT2D eigenvalue weighted by molar-refractivity contribution is 9.10. The quantitative estimate of drug-likeness (QED) is 0.400.